The Labute approximate surface area is 119 Å². The molecule has 20 heavy (non-hydrogen) atoms. The second-order valence-electron chi connectivity index (χ2n) is 5.55. The average molecular weight is 279 g/mol. The van der Waals surface area contributed by atoms with Crippen LogP contribution in [-0.2, 0) is 4.79 Å². The Hall–Kier alpha value is -1.42. The molecule has 0 radical (unpaired) electrons. The topological polar surface area (TPSA) is 40.5 Å². The summed E-state index contributed by atoms with van der Waals surface area (Å²) in [6.07, 6.45) is 5.62. The molecule has 1 N–H and O–H groups in total. The molecule has 2 rings (SSSR count). The standard InChI is InChI=1S/C16H22FNO2/c1-12-11-13(7-8-14(12)17)15(16(19)20)18-9-5-3-2-4-6-10-18/h7-8,11,15H,2-6,9-10H2,1H3,(H,19,20)/t15-/m1/s1. The Morgan fingerprint density at radius 3 is 2.35 bits per heavy atom. The lowest BCUT2D eigenvalue weighted by atomic mass is 10.00. The fraction of sp³-hybridized carbons (Fsp3) is 0.562. The Morgan fingerprint density at radius 1 is 1.20 bits per heavy atom. The van der Waals surface area contributed by atoms with E-state index in [9.17, 15) is 14.3 Å². The van der Waals surface area contributed by atoms with Crippen LogP contribution in [0.25, 0.3) is 0 Å². The van der Waals surface area contributed by atoms with Crippen molar-refractivity contribution in [1.29, 1.82) is 0 Å². The molecular weight excluding hydrogens is 257 g/mol. The van der Waals surface area contributed by atoms with Crippen LogP contribution in [0, 0.1) is 12.7 Å². The van der Waals surface area contributed by atoms with Gasteiger partial charge in [-0.25, -0.2) is 4.39 Å². The monoisotopic (exact) mass is 279 g/mol. The fourth-order valence-corrected chi connectivity index (χ4v) is 2.88. The zero-order valence-corrected chi connectivity index (χ0v) is 11.9. The number of hydrogen-bond acceptors (Lipinski definition) is 2. The van der Waals surface area contributed by atoms with Gasteiger partial charge in [0.25, 0.3) is 0 Å². The van der Waals surface area contributed by atoms with Crippen LogP contribution in [0.1, 0.15) is 49.3 Å². The molecule has 4 heteroatoms. The number of likely N-dealkylation sites (tertiary alicyclic amines) is 1. The van der Waals surface area contributed by atoms with E-state index in [1.54, 1.807) is 19.1 Å². The largest absolute Gasteiger partial charge is 0.480 e. The summed E-state index contributed by atoms with van der Waals surface area (Å²) in [7, 11) is 0. The molecule has 1 saturated heterocycles. The maximum Gasteiger partial charge on any atom is 0.325 e. The number of carboxylic acid groups (broad SMARTS) is 1. The quantitative estimate of drug-likeness (QED) is 0.920. The molecule has 1 aliphatic rings. The molecule has 3 nitrogen and oxygen atoms in total. The van der Waals surface area contributed by atoms with Crippen molar-refractivity contribution < 1.29 is 14.3 Å². The molecule has 0 aromatic heterocycles. The van der Waals surface area contributed by atoms with E-state index in [2.05, 4.69) is 0 Å². The normalized spacial score (nSPS) is 19.1. The van der Waals surface area contributed by atoms with Crippen LogP contribution in [0.15, 0.2) is 18.2 Å². The number of rotatable bonds is 3. The highest BCUT2D eigenvalue weighted by Gasteiger charge is 2.27. The minimum atomic E-state index is -0.850. The van der Waals surface area contributed by atoms with E-state index in [0.717, 1.165) is 38.8 Å². The third-order valence-electron chi connectivity index (χ3n) is 3.99. The predicted molar refractivity (Wildman–Crippen MR) is 76.2 cm³/mol. The lowest BCUT2D eigenvalue weighted by molar-refractivity contribution is -0.143. The summed E-state index contributed by atoms with van der Waals surface area (Å²) in [6, 6.07) is 3.96. The molecule has 1 aliphatic heterocycles. The van der Waals surface area contributed by atoms with Gasteiger partial charge in [0.05, 0.1) is 0 Å². The third-order valence-corrected chi connectivity index (χ3v) is 3.99. The molecule has 0 spiro atoms. The molecular formula is C16H22FNO2. The van der Waals surface area contributed by atoms with Crippen molar-refractivity contribution >= 4 is 5.97 Å². The van der Waals surface area contributed by atoms with Gasteiger partial charge in [-0.1, -0.05) is 31.4 Å². The first-order valence-electron chi connectivity index (χ1n) is 7.32. The van der Waals surface area contributed by atoms with Crippen molar-refractivity contribution in [2.75, 3.05) is 13.1 Å². The molecule has 1 heterocycles. The van der Waals surface area contributed by atoms with Crippen LogP contribution in [0.4, 0.5) is 4.39 Å². The fourth-order valence-electron chi connectivity index (χ4n) is 2.88. The van der Waals surface area contributed by atoms with E-state index in [0.29, 0.717) is 11.1 Å². The Bertz CT molecular complexity index is 468. The molecule has 1 fully saturated rings. The van der Waals surface area contributed by atoms with Gasteiger partial charge in [0.1, 0.15) is 11.9 Å². The van der Waals surface area contributed by atoms with Gasteiger partial charge >= 0.3 is 5.97 Å². The minimum absolute atomic E-state index is 0.287. The highest BCUT2D eigenvalue weighted by molar-refractivity contribution is 5.75. The molecule has 1 aromatic carbocycles. The summed E-state index contributed by atoms with van der Waals surface area (Å²) < 4.78 is 13.4. The molecule has 0 bridgehead atoms. The van der Waals surface area contributed by atoms with Crippen LogP contribution in [0.2, 0.25) is 0 Å². The van der Waals surface area contributed by atoms with Gasteiger partial charge in [-0.05, 0) is 50.0 Å². The lowest BCUT2D eigenvalue weighted by Gasteiger charge is -2.30. The minimum Gasteiger partial charge on any atom is -0.480 e. The summed E-state index contributed by atoms with van der Waals surface area (Å²) in [5.41, 5.74) is 1.18. The van der Waals surface area contributed by atoms with E-state index < -0.39 is 12.0 Å². The molecule has 0 saturated carbocycles. The highest BCUT2D eigenvalue weighted by Crippen LogP contribution is 2.25. The lowest BCUT2D eigenvalue weighted by Crippen LogP contribution is -2.36. The summed E-state index contributed by atoms with van der Waals surface area (Å²) >= 11 is 0. The van der Waals surface area contributed by atoms with Gasteiger partial charge in [0.2, 0.25) is 0 Å². The number of carboxylic acids is 1. The van der Waals surface area contributed by atoms with Crippen molar-refractivity contribution in [3.8, 4) is 0 Å². The molecule has 0 amide bonds. The van der Waals surface area contributed by atoms with Crippen LogP contribution in [0.5, 0.6) is 0 Å². The third kappa shape index (κ3) is 3.57. The van der Waals surface area contributed by atoms with E-state index in [4.69, 9.17) is 0 Å². The van der Waals surface area contributed by atoms with Crippen LogP contribution in [-0.4, -0.2) is 29.1 Å². The molecule has 1 aromatic rings. The van der Waals surface area contributed by atoms with E-state index >= 15 is 0 Å². The van der Waals surface area contributed by atoms with Gasteiger partial charge in [-0.2, -0.15) is 0 Å². The number of nitrogens with zero attached hydrogens (tertiary/aromatic N) is 1. The van der Waals surface area contributed by atoms with Crippen molar-refractivity contribution in [2.45, 2.75) is 45.1 Å². The van der Waals surface area contributed by atoms with Crippen molar-refractivity contribution in [3.05, 3.63) is 35.1 Å². The highest BCUT2D eigenvalue weighted by atomic mass is 19.1. The second-order valence-corrected chi connectivity index (χ2v) is 5.55. The van der Waals surface area contributed by atoms with E-state index in [1.165, 1.54) is 12.5 Å². The van der Waals surface area contributed by atoms with Gasteiger partial charge < -0.3 is 5.11 Å². The summed E-state index contributed by atoms with van der Waals surface area (Å²) in [5, 5.41) is 9.57. The van der Waals surface area contributed by atoms with Crippen molar-refractivity contribution in [1.82, 2.24) is 4.90 Å². The first kappa shape index (κ1) is 15.0. The maximum absolute atomic E-state index is 13.4. The Morgan fingerprint density at radius 2 is 1.80 bits per heavy atom. The predicted octanol–water partition coefficient (Wildman–Crippen LogP) is 3.53. The second kappa shape index (κ2) is 6.84. The molecule has 1 atom stereocenters. The molecule has 0 aliphatic carbocycles. The number of aliphatic carboxylic acids is 1. The first-order valence-corrected chi connectivity index (χ1v) is 7.32. The zero-order valence-electron chi connectivity index (χ0n) is 11.9. The van der Waals surface area contributed by atoms with Gasteiger partial charge in [0.15, 0.2) is 0 Å². The first-order chi connectivity index (χ1) is 9.59. The van der Waals surface area contributed by atoms with Crippen molar-refractivity contribution in [3.63, 3.8) is 0 Å². The van der Waals surface area contributed by atoms with Gasteiger partial charge in [-0.15, -0.1) is 0 Å². The number of aryl methyl sites for hydroxylation is 1. The number of hydrogen-bond donors (Lipinski definition) is 1. The van der Waals surface area contributed by atoms with Crippen LogP contribution in [0.3, 0.4) is 0 Å². The summed E-state index contributed by atoms with van der Waals surface area (Å²) in [6.45, 7) is 3.27. The Kier molecular flexibility index (Phi) is 5.12. The van der Waals surface area contributed by atoms with Crippen molar-refractivity contribution in [2.24, 2.45) is 0 Å². The maximum atomic E-state index is 13.4. The summed E-state index contributed by atoms with van der Waals surface area (Å²) in [5.74, 6) is -1.14. The number of carbonyl (C=O) groups is 1. The van der Waals surface area contributed by atoms with Gasteiger partial charge in [-0.3, -0.25) is 9.69 Å². The average Bonchev–Trinajstić information content (AvgIpc) is 2.36. The SMILES string of the molecule is Cc1cc([C@H](C(=O)O)N2CCCCCCC2)ccc1F. The zero-order chi connectivity index (χ0) is 14.5. The van der Waals surface area contributed by atoms with Crippen LogP contribution >= 0.6 is 0 Å². The number of benzene rings is 1. The molecule has 110 valence electrons. The molecule has 0 unspecified atom stereocenters. The van der Waals surface area contributed by atoms with E-state index in [-0.39, 0.29) is 5.82 Å². The Balaban J connectivity index is 2.24. The van der Waals surface area contributed by atoms with E-state index in [1.807, 2.05) is 4.90 Å². The smallest absolute Gasteiger partial charge is 0.325 e. The van der Waals surface area contributed by atoms with Crippen LogP contribution < -0.4 is 0 Å². The summed E-state index contributed by atoms with van der Waals surface area (Å²) in [4.78, 5) is 13.7. The van der Waals surface area contributed by atoms with Gasteiger partial charge in [0, 0.05) is 0 Å². The number of halogens is 1.